The molecule has 1 aromatic heterocycles. The maximum atomic E-state index is 5.26. The number of nitrogens with zero attached hydrogens (tertiary/aromatic N) is 2. The van der Waals surface area contributed by atoms with Gasteiger partial charge in [-0.3, -0.25) is 0 Å². The predicted molar refractivity (Wildman–Crippen MR) is 78.1 cm³/mol. The molecule has 19 heavy (non-hydrogen) atoms. The lowest BCUT2D eigenvalue weighted by atomic mass is 10.2. The average Bonchev–Trinajstić information content (AvgIpc) is 2.87. The van der Waals surface area contributed by atoms with Gasteiger partial charge in [0.05, 0.1) is 16.1 Å². The van der Waals surface area contributed by atoms with Crippen LogP contribution in [0, 0.1) is 0 Å². The Labute approximate surface area is 128 Å². The number of nitrogens with one attached hydrogen (secondary N) is 1. The quantitative estimate of drug-likeness (QED) is 0.768. The Morgan fingerprint density at radius 3 is 2.63 bits per heavy atom. The van der Waals surface area contributed by atoms with Crippen LogP contribution in [0.5, 0.6) is 5.75 Å². The Hall–Kier alpha value is -0.920. The molecule has 1 heterocycles. The maximum absolute atomic E-state index is 5.26. The average molecular weight is 391 g/mol. The van der Waals surface area contributed by atoms with Gasteiger partial charge in [0.2, 0.25) is 5.89 Å². The Balaban J connectivity index is 1.86. The van der Waals surface area contributed by atoms with Crippen LogP contribution >= 0.6 is 31.9 Å². The van der Waals surface area contributed by atoms with Gasteiger partial charge in [-0.15, -0.1) is 0 Å². The van der Waals surface area contributed by atoms with Crippen molar-refractivity contribution in [3.8, 4) is 5.75 Å². The summed E-state index contributed by atoms with van der Waals surface area (Å²) in [6.45, 7) is 1.54. The summed E-state index contributed by atoms with van der Waals surface area (Å²) in [4.78, 5) is 3.96. The van der Waals surface area contributed by atoms with Gasteiger partial charge in [0, 0.05) is 19.5 Å². The van der Waals surface area contributed by atoms with E-state index in [4.69, 9.17) is 9.26 Å². The highest BCUT2D eigenvalue weighted by Gasteiger charge is 2.07. The summed E-state index contributed by atoms with van der Waals surface area (Å²) in [6.07, 6.45) is 2.13. The predicted octanol–water partition coefficient (Wildman–Crippen LogP) is 2.94. The van der Waals surface area contributed by atoms with Gasteiger partial charge in [0.25, 0.3) is 0 Å². The van der Waals surface area contributed by atoms with Crippen molar-refractivity contribution in [3.05, 3.63) is 38.9 Å². The molecule has 2 rings (SSSR count). The minimum atomic E-state index is 0.643. The molecular weight excluding hydrogens is 378 g/mol. The number of hydrogen-bond acceptors (Lipinski definition) is 5. The number of methoxy groups -OCH3 is 1. The lowest BCUT2D eigenvalue weighted by molar-refractivity contribution is 0.375. The van der Waals surface area contributed by atoms with Gasteiger partial charge < -0.3 is 14.6 Å². The van der Waals surface area contributed by atoms with Gasteiger partial charge in [-0.25, -0.2) is 0 Å². The molecule has 102 valence electrons. The number of aromatic nitrogens is 2. The van der Waals surface area contributed by atoms with E-state index in [0.29, 0.717) is 5.89 Å². The number of halogens is 2. The summed E-state index contributed by atoms with van der Waals surface area (Å²) < 4.78 is 12.0. The summed E-state index contributed by atoms with van der Waals surface area (Å²) in [7, 11) is 1.65. The van der Waals surface area contributed by atoms with E-state index in [2.05, 4.69) is 47.3 Å². The van der Waals surface area contributed by atoms with Crippen LogP contribution in [0.4, 0.5) is 0 Å². The Morgan fingerprint density at radius 1 is 1.32 bits per heavy atom. The Bertz CT molecular complexity index is 509. The first kappa shape index (κ1) is 14.5. The third-order valence-electron chi connectivity index (χ3n) is 2.51. The molecule has 7 heteroatoms. The molecule has 0 saturated heterocycles. The zero-order valence-corrected chi connectivity index (χ0v) is 13.5. The van der Waals surface area contributed by atoms with E-state index < -0.39 is 0 Å². The van der Waals surface area contributed by atoms with E-state index in [1.807, 2.05) is 12.1 Å². The van der Waals surface area contributed by atoms with Crippen molar-refractivity contribution in [2.24, 2.45) is 0 Å². The zero-order valence-electron chi connectivity index (χ0n) is 10.3. The molecule has 0 atom stereocenters. The van der Waals surface area contributed by atoms with Gasteiger partial charge in [0.15, 0.2) is 6.33 Å². The molecular formula is C12H13Br2N3O2. The van der Waals surface area contributed by atoms with Crippen molar-refractivity contribution in [3.63, 3.8) is 0 Å². The van der Waals surface area contributed by atoms with Crippen molar-refractivity contribution in [2.45, 2.75) is 13.0 Å². The van der Waals surface area contributed by atoms with Crippen LogP contribution in [0.2, 0.25) is 0 Å². The molecule has 0 aliphatic carbocycles. The third kappa shape index (κ3) is 4.02. The first-order valence-electron chi connectivity index (χ1n) is 5.69. The summed E-state index contributed by atoms with van der Waals surface area (Å²) in [5.74, 6) is 1.44. The first-order valence-corrected chi connectivity index (χ1v) is 7.27. The molecule has 0 saturated carbocycles. The van der Waals surface area contributed by atoms with Gasteiger partial charge in [-0.05, 0) is 49.6 Å². The third-order valence-corrected chi connectivity index (χ3v) is 3.69. The Morgan fingerprint density at radius 2 is 2.05 bits per heavy atom. The van der Waals surface area contributed by atoms with Gasteiger partial charge in [0.1, 0.15) is 5.75 Å². The lowest BCUT2D eigenvalue weighted by Gasteiger charge is -2.09. The fourth-order valence-corrected chi connectivity index (χ4v) is 3.25. The summed E-state index contributed by atoms with van der Waals surface area (Å²) >= 11 is 6.97. The van der Waals surface area contributed by atoms with E-state index in [1.165, 1.54) is 6.33 Å². The minimum Gasteiger partial charge on any atom is -0.494 e. The molecule has 5 nitrogen and oxygen atoms in total. The topological polar surface area (TPSA) is 60.2 Å². The molecule has 1 aromatic carbocycles. The molecule has 0 unspecified atom stereocenters. The normalized spacial score (nSPS) is 10.7. The van der Waals surface area contributed by atoms with Crippen molar-refractivity contribution in [2.75, 3.05) is 13.7 Å². The second-order valence-electron chi connectivity index (χ2n) is 3.85. The smallest absolute Gasteiger partial charge is 0.227 e. The van der Waals surface area contributed by atoms with Crippen molar-refractivity contribution < 1.29 is 9.26 Å². The van der Waals surface area contributed by atoms with Crippen LogP contribution in [0.15, 0.2) is 31.9 Å². The van der Waals surface area contributed by atoms with E-state index in [9.17, 15) is 0 Å². The lowest BCUT2D eigenvalue weighted by Crippen LogP contribution is -2.16. The highest BCUT2D eigenvalue weighted by molar-refractivity contribution is 9.11. The maximum Gasteiger partial charge on any atom is 0.227 e. The number of ether oxygens (including phenoxy) is 1. The van der Waals surface area contributed by atoms with E-state index in [0.717, 1.165) is 39.8 Å². The fraction of sp³-hybridized carbons (Fsp3) is 0.333. The zero-order chi connectivity index (χ0) is 13.7. The molecule has 0 radical (unpaired) electrons. The second-order valence-corrected chi connectivity index (χ2v) is 5.56. The first-order chi connectivity index (χ1) is 9.20. The van der Waals surface area contributed by atoms with Crippen molar-refractivity contribution >= 4 is 31.9 Å². The fourth-order valence-electron chi connectivity index (χ4n) is 1.64. The van der Waals surface area contributed by atoms with Crippen LogP contribution in [0.3, 0.4) is 0 Å². The monoisotopic (exact) mass is 389 g/mol. The molecule has 0 aliphatic heterocycles. The van der Waals surface area contributed by atoms with Crippen molar-refractivity contribution in [1.82, 2.24) is 15.5 Å². The standard InChI is InChI=1S/C12H13Br2N3O2/c1-18-12-9(13)4-8(5-10(12)14)6-15-3-2-11-16-7-17-19-11/h4-5,7,15H,2-3,6H2,1H3. The molecule has 0 spiro atoms. The van der Waals surface area contributed by atoms with E-state index >= 15 is 0 Å². The van der Waals surface area contributed by atoms with Gasteiger partial charge >= 0.3 is 0 Å². The van der Waals surface area contributed by atoms with Crippen LogP contribution in [0.25, 0.3) is 0 Å². The Kier molecular flexibility index (Phi) is 5.35. The van der Waals surface area contributed by atoms with Crippen molar-refractivity contribution in [1.29, 1.82) is 0 Å². The molecule has 0 aliphatic rings. The molecule has 0 bridgehead atoms. The second kappa shape index (κ2) is 7.02. The molecule has 0 amide bonds. The van der Waals surface area contributed by atoms with Crippen LogP contribution in [-0.2, 0) is 13.0 Å². The molecule has 2 aromatic rings. The SMILES string of the molecule is COc1c(Br)cc(CNCCc2ncno2)cc1Br. The van der Waals surface area contributed by atoms with E-state index in [-0.39, 0.29) is 0 Å². The highest BCUT2D eigenvalue weighted by atomic mass is 79.9. The summed E-state index contributed by atoms with van der Waals surface area (Å²) in [5.41, 5.74) is 1.16. The van der Waals surface area contributed by atoms with E-state index in [1.54, 1.807) is 7.11 Å². The van der Waals surface area contributed by atoms with Gasteiger partial charge in [-0.1, -0.05) is 5.16 Å². The molecule has 1 N–H and O–H groups in total. The van der Waals surface area contributed by atoms with Crippen LogP contribution in [0.1, 0.15) is 11.5 Å². The van der Waals surface area contributed by atoms with Gasteiger partial charge in [-0.2, -0.15) is 4.98 Å². The largest absolute Gasteiger partial charge is 0.494 e. The van der Waals surface area contributed by atoms with Crippen LogP contribution in [-0.4, -0.2) is 23.8 Å². The number of benzene rings is 1. The van der Waals surface area contributed by atoms with Crippen LogP contribution < -0.4 is 10.1 Å². The highest BCUT2D eigenvalue weighted by Crippen LogP contribution is 2.34. The number of hydrogen-bond donors (Lipinski definition) is 1. The summed E-state index contributed by atoms with van der Waals surface area (Å²) in [5, 5.41) is 6.88. The minimum absolute atomic E-state index is 0.643. The summed E-state index contributed by atoms with van der Waals surface area (Å²) in [6, 6.07) is 4.06. The number of rotatable bonds is 6. The molecule has 0 fully saturated rings.